The van der Waals surface area contributed by atoms with Crippen LogP contribution in [0.4, 0.5) is 0 Å². The fraction of sp³-hybridized carbons (Fsp3) is 0.917. The second kappa shape index (κ2) is 4.00. The highest BCUT2D eigenvalue weighted by molar-refractivity contribution is 5.83. The molecule has 2 unspecified atom stereocenters. The summed E-state index contributed by atoms with van der Waals surface area (Å²) in [6.45, 7) is 3.92. The lowest BCUT2D eigenvalue weighted by Crippen LogP contribution is -2.61. The molecular weight excluding hydrogens is 202 g/mol. The zero-order chi connectivity index (χ0) is 11.9. The molecule has 2 heterocycles. The lowest BCUT2D eigenvalue weighted by Gasteiger charge is -2.46. The molecule has 92 valence electrons. The standard InChI is InChI=1S/C12H23N3O/c1-12(2,11(13)16)15-9-4-5-10(15)7-8(6-9)14-3/h8-10,14H,4-7H2,1-3H3,(H2,13,16). The largest absolute Gasteiger partial charge is 0.368 e. The van der Waals surface area contributed by atoms with Gasteiger partial charge in [-0.1, -0.05) is 0 Å². The molecule has 0 aliphatic carbocycles. The van der Waals surface area contributed by atoms with Crippen LogP contribution in [0.15, 0.2) is 0 Å². The van der Waals surface area contributed by atoms with Gasteiger partial charge in [0.25, 0.3) is 0 Å². The summed E-state index contributed by atoms with van der Waals surface area (Å²) in [5, 5.41) is 3.36. The summed E-state index contributed by atoms with van der Waals surface area (Å²) in [7, 11) is 2.03. The molecule has 2 saturated heterocycles. The lowest BCUT2D eigenvalue weighted by molar-refractivity contribution is -0.131. The minimum atomic E-state index is -0.495. The van der Waals surface area contributed by atoms with Gasteiger partial charge in [0.15, 0.2) is 0 Å². The molecule has 2 bridgehead atoms. The number of nitrogens with zero attached hydrogens (tertiary/aromatic N) is 1. The van der Waals surface area contributed by atoms with E-state index in [9.17, 15) is 4.79 Å². The first-order valence-electron chi connectivity index (χ1n) is 6.22. The van der Waals surface area contributed by atoms with Gasteiger partial charge in [0, 0.05) is 18.1 Å². The second-order valence-electron chi connectivity index (χ2n) is 5.67. The minimum absolute atomic E-state index is 0.202. The molecule has 0 aromatic heterocycles. The number of carbonyl (C=O) groups is 1. The van der Waals surface area contributed by atoms with Crippen LogP contribution in [-0.4, -0.2) is 41.5 Å². The number of amides is 1. The third-order valence-electron chi connectivity index (χ3n) is 4.39. The quantitative estimate of drug-likeness (QED) is 0.734. The molecule has 0 saturated carbocycles. The molecule has 2 atom stereocenters. The first kappa shape index (κ1) is 11.9. The van der Waals surface area contributed by atoms with E-state index in [4.69, 9.17) is 5.73 Å². The van der Waals surface area contributed by atoms with E-state index in [1.807, 2.05) is 20.9 Å². The number of hydrogen-bond acceptors (Lipinski definition) is 3. The highest BCUT2D eigenvalue weighted by Crippen LogP contribution is 2.40. The molecule has 0 spiro atoms. The Bertz CT molecular complexity index is 276. The van der Waals surface area contributed by atoms with Crippen molar-refractivity contribution in [1.82, 2.24) is 10.2 Å². The van der Waals surface area contributed by atoms with E-state index in [1.165, 1.54) is 12.8 Å². The fourth-order valence-corrected chi connectivity index (χ4v) is 3.45. The predicted octanol–water partition coefficient (Wildman–Crippen LogP) is 0.465. The van der Waals surface area contributed by atoms with Crippen molar-refractivity contribution in [3.8, 4) is 0 Å². The van der Waals surface area contributed by atoms with E-state index in [-0.39, 0.29) is 5.91 Å². The number of nitrogens with two attached hydrogens (primary N) is 1. The number of fused-ring (bicyclic) bond motifs is 2. The Labute approximate surface area is 97.6 Å². The Hall–Kier alpha value is -0.610. The van der Waals surface area contributed by atoms with E-state index in [0.717, 1.165) is 12.8 Å². The Kier molecular flexibility index (Phi) is 2.97. The summed E-state index contributed by atoms with van der Waals surface area (Å²) < 4.78 is 0. The predicted molar refractivity (Wildman–Crippen MR) is 64.0 cm³/mol. The molecule has 0 radical (unpaired) electrons. The molecule has 2 fully saturated rings. The van der Waals surface area contributed by atoms with Gasteiger partial charge in [0.2, 0.25) is 5.91 Å². The highest BCUT2D eigenvalue weighted by Gasteiger charge is 2.48. The van der Waals surface area contributed by atoms with E-state index < -0.39 is 5.54 Å². The van der Waals surface area contributed by atoms with Crippen molar-refractivity contribution in [2.75, 3.05) is 7.05 Å². The van der Waals surface area contributed by atoms with Crippen molar-refractivity contribution >= 4 is 5.91 Å². The van der Waals surface area contributed by atoms with Crippen LogP contribution in [0.2, 0.25) is 0 Å². The summed E-state index contributed by atoms with van der Waals surface area (Å²) in [4.78, 5) is 13.9. The Morgan fingerprint density at radius 1 is 1.31 bits per heavy atom. The second-order valence-corrected chi connectivity index (χ2v) is 5.67. The maximum absolute atomic E-state index is 11.6. The van der Waals surface area contributed by atoms with Crippen LogP contribution in [0.3, 0.4) is 0 Å². The Morgan fingerprint density at radius 2 is 1.81 bits per heavy atom. The van der Waals surface area contributed by atoms with Crippen LogP contribution >= 0.6 is 0 Å². The summed E-state index contributed by atoms with van der Waals surface area (Å²) in [5.74, 6) is -0.202. The molecule has 0 aromatic carbocycles. The van der Waals surface area contributed by atoms with Crippen LogP contribution in [-0.2, 0) is 4.79 Å². The number of carbonyl (C=O) groups excluding carboxylic acids is 1. The van der Waals surface area contributed by atoms with Crippen molar-refractivity contribution in [2.24, 2.45) is 5.73 Å². The van der Waals surface area contributed by atoms with Crippen LogP contribution in [0.5, 0.6) is 0 Å². The van der Waals surface area contributed by atoms with Crippen LogP contribution in [0, 0.1) is 0 Å². The molecule has 2 aliphatic rings. The average Bonchev–Trinajstić information content (AvgIpc) is 2.50. The smallest absolute Gasteiger partial charge is 0.237 e. The monoisotopic (exact) mass is 225 g/mol. The van der Waals surface area contributed by atoms with Gasteiger partial charge < -0.3 is 11.1 Å². The SMILES string of the molecule is CNC1CC2CCC(C1)N2C(C)(C)C(N)=O. The summed E-state index contributed by atoms with van der Waals surface area (Å²) >= 11 is 0. The molecule has 2 aliphatic heterocycles. The number of rotatable bonds is 3. The van der Waals surface area contributed by atoms with Gasteiger partial charge in [0.1, 0.15) is 0 Å². The number of hydrogen-bond donors (Lipinski definition) is 2. The Balaban J connectivity index is 2.17. The summed E-state index contributed by atoms with van der Waals surface area (Å²) in [5.41, 5.74) is 5.03. The molecule has 1 amide bonds. The maximum Gasteiger partial charge on any atom is 0.237 e. The lowest BCUT2D eigenvalue weighted by atomic mass is 9.90. The van der Waals surface area contributed by atoms with E-state index >= 15 is 0 Å². The number of primary amides is 1. The molecule has 16 heavy (non-hydrogen) atoms. The molecular formula is C12H23N3O. The molecule has 4 heteroatoms. The molecule has 3 N–H and O–H groups in total. The molecule has 2 rings (SSSR count). The Morgan fingerprint density at radius 3 is 2.19 bits per heavy atom. The van der Waals surface area contributed by atoms with Crippen molar-refractivity contribution in [2.45, 2.75) is 63.2 Å². The molecule has 4 nitrogen and oxygen atoms in total. The van der Waals surface area contributed by atoms with Gasteiger partial charge in [-0.25, -0.2) is 0 Å². The first-order chi connectivity index (χ1) is 7.46. The van der Waals surface area contributed by atoms with Crippen molar-refractivity contribution < 1.29 is 4.79 Å². The van der Waals surface area contributed by atoms with Crippen molar-refractivity contribution in [3.05, 3.63) is 0 Å². The van der Waals surface area contributed by atoms with E-state index in [2.05, 4.69) is 10.2 Å². The van der Waals surface area contributed by atoms with Gasteiger partial charge in [0.05, 0.1) is 5.54 Å². The van der Waals surface area contributed by atoms with Crippen LogP contribution in [0.25, 0.3) is 0 Å². The molecule has 0 aromatic rings. The highest BCUT2D eigenvalue weighted by atomic mass is 16.1. The van der Waals surface area contributed by atoms with E-state index in [1.54, 1.807) is 0 Å². The zero-order valence-electron chi connectivity index (χ0n) is 10.5. The zero-order valence-corrected chi connectivity index (χ0v) is 10.5. The van der Waals surface area contributed by atoms with Crippen molar-refractivity contribution in [1.29, 1.82) is 0 Å². The van der Waals surface area contributed by atoms with Gasteiger partial charge in [-0.2, -0.15) is 0 Å². The fourth-order valence-electron chi connectivity index (χ4n) is 3.45. The van der Waals surface area contributed by atoms with Gasteiger partial charge in [-0.15, -0.1) is 0 Å². The van der Waals surface area contributed by atoms with Crippen molar-refractivity contribution in [3.63, 3.8) is 0 Å². The maximum atomic E-state index is 11.6. The van der Waals surface area contributed by atoms with Crippen LogP contribution < -0.4 is 11.1 Å². The van der Waals surface area contributed by atoms with Gasteiger partial charge in [-0.05, 0) is 46.6 Å². The van der Waals surface area contributed by atoms with Crippen LogP contribution in [0.1, 0.15) is 39.5 Å². The van der Waals surface area contributed by atoms with Gasteiger partial charge in [-0.3, -0.25) is 9.69 Å². The summed E-state index contributed by atoms with van der Waals surface area (Å²) in [6.07, 6.45) is 4.70. The number of piperidine rings is 1. The summed E-state index contributed by atoms with van der Waals surface area (Å²) in [6, 6.07) is 1.66. The third-order valence-corrected chi connectivity index (χ3v) is 4.39. The average molecular weight is 225 g/mol. The topological polar surface area (TPSA) is 58.4 Å². The normalized spacial score (nSPS) is 35.3. The minimum Gasteiger partial charge on any atom is -0.368 e. The third kappa shape index (κ3) is 1.74. The first-order valence-corrected chi connectivity index (χ1v) is 6.22. The van der Waals surface area contributed by atoms with E-state index in [0.29, 0.717) is 18.1 Å². The number of nitrogens with one attached hydrogen (secondary N) is 1. The van der Waals surface area contributed by atoms with Gasteiger partial charge >= 0.3 is 0 Å².